The maximum atomic E-state index is 5.53. The third-order valence-corrected chi connectivity index (χ3v) is 4.37. The number of ether oxygens (including phenoxy) is 3. The fraction of sp³-hybridized carbons (Fsp3) is 0.600. The maximum Gasteiger partial charge on any atom is 0.122 e. The molecule has 3 rings (SSSR count). The van der Waals surface area contributed by atoms with Crippen LogP contribution < -0.4 is 14.8 Å². The van der Waals surface area contributed by atoms with E-state index >= 15 is 0 Å². The Hall–Kier alpha value is -1.26. The van der Waals surface area contributed by atoms with Crippen molar-refractivity contribution in [1.82, 2.24) is 5.32 Å². The van der Waals surface area contributed by atoms with E-state index in [0.717, 1.165) is 31.3 Å². The normalized spacial score (nSPS) is 24.8. The van der Waals surface area contributed by atoms with E-state index in [2.05, 4.69) is 17.4 Å². The third-order valence-electron chi connectivity index (χ3n) is 4.37. The molecule has 1 atom stereocenters. The molecule has 1 aromatic rings. The summed E-state index contributed by atoms with van der Waals surface area (Å²) in [7, 11) is 3.38. The largest absolute Gasteiger partial charge is 0.497 e. The molecule has 4 nitrogen and oxygen atoms in total. The monoisotopic (exact) mass is 263 g/mol. The van der Waals surface area contributed by atoms with Gasteiger partial charge >= 0.3 is 0 Å². The summed E-state index contributed by atoms with van der Waals surface area (Å²) < 4.78 is 16.3. The number of hydrogen-bond donors (Lipinski definition) is 1. The third kappa shape index (κ3) is 2.09. The fourth-order valence-electron chi connectivity index (χ4n) is 3.14. The molecule has 0 amide bonds. The van der Waals surface area contributed by atoms with Crippen molar-refractivity contribution in [1.29, 1.82) is 0 Å². The highest BCUT2D eigenvalue weighted by atomic mass is 16.5. The molecule has 2 heterocycles. The highest BCUT2D eigenvalue weighted by Crippen LogP contribution is 2.41. The van der Waals surface area contributed by atoms with E-state index in [0.29, 0.717) is 6.04 Å². The van der Waals surface area contributed by atoms with Gasteiger partial charge in [0, 0.05) is 12.1 Å². The lowest BCUT2D eigenvalue weighted by atomic mass is 9.72. The van der Waals surface area contributed by atoms with E-state index in [1.54, 1.807) is 14.2 Å². The molecule has 0 aromatic heterocycles. The number of methoxy groups -OCH3 is 2. The van der Waals surface area contributed by atoms with Crippen LogP contribution in [0.15, 0.2) is 18.2 Å². The lowest BCUT2D eigenvalue weighted by Gasteiger charge is -2.46. The standard InChI is InChI=1S/C15H21NO3/c1-17-12-6-11(7-13(8-12)18-2)15(9-19-10-15)14-4-3-5-16-14/h6-8,14,16H,3-5,9-10H2,1-2H3. The molecule has 4 heteroatoms. The topological polar surface area (TPSA) is 39.7 Å². The molecule has 1 unspecified atom stereocenters. The van der Waals surface area contributed by atoms with E-state index in [9.17, 15) is 0 Å². The van der Waals surface area contributed by atoms with Crippen LogP contribution in [0.2, 0.25) is 0 Å². The predicted octanol–water partition coefficient (Wildman–Crippen LogP) is 1.72. The van der Waals surface area contributed by atoms with Gasteiger partial charge in [0.15, 0.2) is 0 Å². The zero-order chi connectivity index (χ0) is 13.3. The molecule has 0 bridgehead atoms. The number of hydrogen-bond acceptors (Lipinski definition) is 4. The van der Waals surface area contributed by atoms with Gasteiger partial charge in [0.05, 0.1) is 32.8 Å². The Bertz CT molecular complexity index is 428. The van der Waals surface area contributed by atoms with Crippen LogP contribution in [-0.2, 0) is 10.2 Å². The van der Waals surface area contributed by atoms with Gasteiger partial charge in [-0.25, -0.2) is 0 Å². The van der Waals surface area contributed by atoms with Gasteiger partial charge in [-0.3, -0.25) is 0 Å². The van der Waals surface area contributed by atoms with E-state index < -0.39 is 0 Å². The van der Waals surface area contributed by atoms with Gasteiger partial charge in [0.2, 0.25) is 0 Å². The highest BCUT2D eigenvalue weighted by Gasteiger charge is 2.48. The molecule has 2 aliphatic heterocycles. The summed E-state index contributed by atoms with van der Waals surface area (Å²) in [6.45, 7) is 2.66. The van der Waals surface area contributed by atoms with Crippen LogP contribution in [0.5, 0.6) is 11.5 Å². The Balaban J connectivity index is 1.98. The van der Waals surface area contributed by atoms with Gasteiger partial charge in [-0.15, -0.1) is 0 Å². The molecule has 2 saturated heterocycles. The molecule has 2 aliphatic rings. The maximum absolute atomic E-state index is 5.53. The molecule has 0 aliphatic carbocycles. The highest BCUT2D eigenvalue weighted by molar-refractivity contribution is 5.44. The lowest BCUT2D eigenvalue weighted by molar-refractivity contribution is -0.0762. The minimum Gasteiger partial charge on any atom is -0.497 e. The van der Waals surface area contributed by atoms with Crippen molar-refractivity contribution < 1.29 is 14.2 Å². The predicted molar refractivity (Wildman–Crippen MR) is 73.1 cm³/mol. The van der Waals surface area contributed by atoms with Crippen LogP contribution in [0, 0.1) is 0 Å². The van der Waals surface area contributed by atoms with E-state index in [1.807, 2.05) is 6.07 Å². The smallest absolute Gasteiger partial charge is 0.122 e. The van der Waals surface area contributed by atoms with Crippen LogP contribution >= 0.6 is 0 Å². The van der Waals surface area contributed by atoms with Crippen molar-refractivity contribution in [3.8, 4) is 11.5 Å². The second-order valence-corrected chi connectivity index (χ2v) is 5.40. The van der Waals surface area contributed by atoms with Crippen molar-refractivity contribution in [2.24, 2.45) is 0 Å². The van der Waals surface area contributed by atoms with Gasteiger partial charge in [-0.1, -0.05) is 0 Å². The van der Waals surface area contributed by atoms with Crippen LogP contribution in [-0.4, -0.2) is 40.0 Å². The lowest BCUT2D eigenvalue weighted by Crippen LogP contribution is -2.58. The Labute approximate surface area is 114 Å². The van der Waals surface area contributed by atoms with Crippen molar-refractivity contribution in [3.63, 3.8) is 0 Å². The first-order valence-corrected chi connectivity index (χ1v) is 6.83. The summed E-state index contributed by atoms with van der Waals surface area (Å²) in [6, 6.07) is 6.65. The van der Waals surface area contributed by atoms with Crippen LogP contribution in [0.1, 0.15) is 18.4 Å². The average molecular weight is 263 g/mol. The molecular weight excluding hydrogens is 242 g/mol. The molecular formula is C15H21NO3. The Morgan fingerprint density at radius 3 is 2.26 bits per heavy atom. The fourth-order valence-corrected chi connectivity index (χ4v) is 3.14. The van der Waals surface area contributed by atoms with Crippen LogP contribution in [0.25, 0.3) is 0 Å². The van der Waals surface area contributed by atoms with E-state index in [1.165, 1.54) is 18.4 Å². The summed E-state index contributed by atoms with van der Waals surface area (Å²) in [5.41, 5.74) is 1.34. The van der Waals surface area contributed by atoms with Gasteiger partial charge in [0.25, 0.3) is 0 Å². The molecule has 0 spiro atoms. The summed E-state index contributed by atoms with van der Waals surface area (Å²) in [6.07, 6.45) is 2.45. The summed E-state index contributed by atoms with van der Waals surface area (Å²) in [4.78, 5) is 0. The summed E-state index contributed by atoms with van der Waals surface area (Å²) in [5, 5.41) is 3.61. The quantitative estimate of drug-likeness (QED) is 0.898. The SMILES string of the molecule is COc1cc(OC)cc(C2(C3CCCN3)COC2)c1. The molecule has 0 radical (unpaired) electrons. The molecule has 0 saturated carbocycles. The second-order valence-electron chi connectivity index (χ2n) is 5.40. The summed E-state index contributed by atoms with van der Waals surface area (Å²) in [5.74, 6) is 1.69. The first kappa shape index (κ1) is 12.8. The van der Waals surface area contributed by atoms with E-state index in [-0.39, 0.29) is 5.41 Å². The second kappa shape index (κ2) is 5.02. The van der Waals surface area contributed by atoms with Crippen LogP contribution in [0.4, 0.5) is 0 Å². The van der Waals surface area contributed by atoms with Crippen molar-refractivity contribution in [3.05, 3.63) is 23.8 Å². The molecule has 1 aromatic carbocycles. The first-order chi connectivity index (χ1) is 9.28. The van der Waals surface area contributed by atoms with Gasteiger partial charge in [0.1, 0.15) is 11.5 Å². The zero-order valence-corrected chi connectivity index (χ0v) is 11.6. The average Bonchev–Trinajstić information content (AvgIpc) is 2.91. The summed E-state index contributed by atoms with van der Waals surface area (Å²) >= 11 is 0. The van der Waals surface area contributed by atoms with E-state index in [4.69, 9.17) is 14.2 Å². The molecule has 19 heavy (non-hydrogen) atoms. The number of nitrogens with one attached hydrogen (secondary N) is 1. The van der Waals surface area contributed by atoms with Crippen molar-refractivity contribution in [2.75, 3.05) is 34.0 Å². The molecule has 1 N–H and O–H groups in total. The molecule has 104 valence electrons. The number of rotatable bonds is 4. The van der Waals surface area contributed by atoms with Gasteiger partial charge in [-0.2, -0.15) is 0 Å². The minimum atomic E-state index is 0.0817. The number of benzene rings is 1. The Morgan fingerprint density at radius 1 is 1.16 bits per heavy atom. The van der Waals surface area contributed by atoms with Crippen molar-refractivity contribution >= 4 is 0 Å². The first-order valence-electron chi connectivity index (χ1n) is 6.83. The van der Waals surface area contributed by atoms with Crippen molar-refractivity contribution in [2.45, 2.75) is 24.3 Å². The van der Waals surface area contributed by atoms with Gasteiger partial charge < -0.3 is 19.5 Å². The van der Waals surface area contributed by atoms with Crippen LogP contribution in [0.3, 0.4) is 0 Å². The molecule has 2 fully saturated rings. The zero-order valence-electron chi connectivity index (χ0n) is 11.6. The Morgan fingerprint density at radius 2 is 1.84 bits per heavy atom. The minimum absolute atomic E-state index is 0.0817. The Kier molecular flexibility index (Phi) is 3.37. The van der Waals surface area contributed by atoms with Gasteiger partial charge in [-0.05, 0) is 37.1 Å².